The van der Waals surface area contributed by atoms with E-state index in [1.807, 2.05) is 13.8 Å². The summed E-state index contributed by atoms with van der Waals surface area (Å²) in [5.74, 6) is 0. The number of aliphatic hydroxyl groups is 3. The lowest BCUT2D eigenvalue weighted by atomic mass is 9.64. The number of rotatable bonds is 4. The average Bonchev–Trinajstić information content (AvgIpc) is 2.17. The van der Waals surface area contributed by atoms with Crippen LogP contribution in [0.4, 0.5) is 0 Å². The minimum Gasteiger partial charge on any atom is -0.394 e. The van der Waals surface area contributed by atoms with Gasteiger partial charge in [0.1, 0.15) is 0 Å². The van der Waals surface area contributed by atoms with Crippen LogP contribution in [0.5, 0.6) is 0 Å². The Morgan fingerprint density at radius 3 is 2.14 bits per heavy atom. The molecule has 2 atom stereocenters. The van der Waals surface area contributed by atoms with Crippen molar-refractivity contribution >= 4 is 0 Å². The van der Waals surface area contributed by atoms with E-state index in [1.54, 1.807) is 6.92 Å². The molecule has 1 rings (SSSR count). The molecule has 0 spiro atoms. The molecule has 0 aromatic rings. The van der Waals surface area contributed by atoms with Crippen LogP contribution in [0.3, 0.4) is 0 Å². The molecule has 0 radical (unpaired) electrons. The lowest BCUT2D eigenvalue weighted by Crippen LogP contribution is -2.66. The summed E-state index contributed by atoms with van der Waals surface area (Å²) in [7, 11) is 0. The van der Waals surface area contributed by atoms with E-state index >= 15 is 0 Å². The quantitative estimate of drug-likeness (QED) is 0.496. The van der Waals surface area contributed by atoms with E-state index in [1.165, 1.54) is 0 Å². The van der Waals surface area contributed by atoms with Crippen molar-refractivity contribution < 1.29 is 15.3 Å². The van der Waals surface area contributed by atoms with Crippen molar-refractivity contribution in [3.05, 3.63) is 0 Å². The maximum atomic E-state index is 9.52. The molecule has 1 aliphatic rings. The van der Waals surface area contributed by atoms with Crippen molar-refractivity contribution in [1.29, 1.82) is 0 Å². The molecule has 0 aromatic carbocycles. The van der Waals surface area contributed by atoms with Crippen molar-refractivity contribution in [3.63, 3.8) is 0 Å². The van der Waals surface area contributed by atoms with Gasteiger partial charge in [-0.15, -0.1) is 0 Å². The van der Waals surface area contributed by atoms with Crippen LogP contribution in [-0.2, 0) is 0 Å². The van der Waals surface area contributed by atoms with Gasteiger partial charge in [0.05, 0.1) is 24.9 Å². The Balaban J connectivity index is 2.54. The summed E-state index contributed by atoms with van der Waals surface area (Å²) < 4.78 is 0. The van der Waals surface area contributed by atoms with E-state index in [9.17, 15) is 5.11 Å². The van der Waals surface area contributed by atoms with Gasteiger partial charge >= 0.3 is 0 Å². The molecule has 4 heteroatoms. The molecule has 0 bridgehead atoms. The molecule has 0 saturated heterocycles. The van der Waals surface area contributed by atoms with Crippen LogP contribution < -0.4 is 5.32 Å². The average molecular weight is 203 g/mol. The molecule has 4 nitrogen and oxygen atoms in total. The van der Waals surface area contributed by atoms with Gasteiger partial charge in [-0.3, -0.25) is 0 Å². The third-order valence-electron chi connectivity index (χ3n) is 3.44. The maximum Gasteiger partial charge on any atom is 0.0633 e. The van der Waals surface area contributed by atoms with E-state index in [2.05, 4.69) is 5.32 Å². The minimum atomic E-state index is -0.651. The van der Waals surface area contributed by atoms with Crippen LogP contribution >= 0.6 is 0 Å². The van der Waals surface area contributed by atoms with Gasteiger partial charge < -0.3 is 20.6 Å². The molecule has 4 N–H and O–H groups in total. The Kier molecular flexibility index (Phi) is 3.21. The summed E-state index contributed by atoms with van der Waals surface area (Å²) in [6, 6.07) is 0.154. The molecule has 0 aliphatic heterocycles. The van der Waals surface area contributed by atoms with E-state index in [-0.39, 0.29) is 30.8 Å². The van der Waals surface area contributed by atoms with Gasteiger partial charge in [-0.25, -0.2) is 0 Å². The highest BCUT2D eigenvalue weighted by Crippen LogP contribution is 2.41. The second-order valence-electron chi connectivity index (χ2n) is 5.15. The molecule has 1 aliphatic carbocycles. The lowest BCUT2D eigenvalue weighted by Gasteiger charge is -2.52. The zero-order valence-corrected chi connectivity index (χ0v) is 9.12. The third-order valence-corrected chi connectivity index (χ3v) is 3.44. The second kappa shape index (κ2) is 3.77. The maximum absolute atomic E-state index is 9.52. The monoisotopic (exact) mass is 203 g/mol. The van der Waals surface area contributed by atoms with Gasteiger partial charge in [-0.1, -0.05) is 13.8 Å². The summed E-state index contributed by atoms with van der Waals surface area (Å²) >= 11 is 0. The van der Waals surface area contributed by atoms with E-state index < -0.39 is 5.54 Å². The molecule has 2 unspecified atom stereocenters. The summed E-state index contributed by atoms with van der Waals surface area (Å²) in [5, 5.41) is 30.9. The van der Waals surface area contributed by atoms with E-state index in [0.717, 1.165) is 0 Å². The lowest BCUT2D eigenvalue weighted by molar-refractivity contribution is -0.0882. The highest BCUT2D eigenvalue weighted by atomic mass is 16.3. The molecule has 14 heavy (non-hydrogen) atoms. The molecule has 84 valence electrons. The summed E-state index contributed by atoms with van der Waals surface area (Å²) in [5.41, 5.74) is -0.826. The Morgan fingerprint density at radius 2 is 1.86 bits per heavy atom. The number of aliphatic hydroxyl groups excluding tert-OH is 3. The first kappa shape index (κ1) is 11.9. The standard InChI is InChI=1S/C10H21NO3/c1-9(2)7(4-8(9)14)11-10(3,5-12)6-13/h7-8,11-14H,4-6H2,1-3H3. The van der Waals surface area contributed by atoms with Gasteiger partial charge in [-0.2, -0.15) is 0 Å². The predicted molar refractivity (Wildman–Crippen MR) is 53.9 cm³/mol. The van der Waals surface area contributed by atoms with Crippen LogP contribution in [0, 0.1) is 5.41 Å². The Labute approximate surface area is 85.0 Å². The Morgan fingerprint density at radius 1 is 1.36 bits per heavy atom. The first-order chi connectivity index (χ1) is 6.35. The number of hydrogen-bond acceptors (Lipinski definition) is 4. The largest absolute Gasteiger partial charge is 0.394 e. The second-order valence-corrected chi connectivity index (χ2v) is 5.15. The molecule has 0 heterocycles. The number of nitrogens with one attached hydrogen (secondary N) is 1. The molecular formula is C10H21NO3. The van der Waals surface area contributed by atoms with E-state index in [0.29, 0.717) is 6.42 Å². The zero-order valence-electron chi connectivity index (χ0n) is 9.12. The zero-order chi connectivity index (χ0) is 11.0. The first-order valence-corrected chi connectivity index (χ1v) is 5.03. The highest BCUT2D eigenvalue weighted by molar-refractivity contribution is 5.04. The molecule has 0 aromatic heterocycles. The van der Waals surface area contributed by atoms with Gasteiger partial charge in [0, 0.05) is 11.5 Å². The van der Waals surface area contributed by atoms with Crippen molar-refractivity contribution in [2.75, 3.05) is 13.2 Å². The smallest absolute Gasteiger partial charge is 0.0633 e. The highest BCUT2D eigenvalue weighted by Gasteiger charge is 2.49. The van der Waals surface area contributed by atoms with Crippen molar-refractivity contribution in [3.8, 4) is 0 Å². The van der Waals surface area contributed by atoms with Crippen molar-refractivity contribution in [1.82, 2.24) is 5.32 Å². The fourth-order valence-corrected chi connectivity index (χ4v) is 1.71. The van der Waals surface area contributed by atoms with E-state index in [4.69, 9.17) is 10.2 Å². The van der Waals surface area contributed by atoms with Crippen molar-refractivity contribution in [2.45, 2.75) is 44.9 Å². The van der Waals surface area contributed by atoms with Crippen LogP contribution in [-0.4, -0.2) is 46.2 Å². The van der Waals surface area contributed by atoms with Gasteiger partial charge in [-0.05, 0) is 13.3 Å². The van der Waals surface area contributed by atoms with Gasteiger partial charge in [0.25, 0.3) is 0 Å². The Bertz CT molecular complexity index is 202. The van der Waals surface area contributed by atoms with Crippen LogP contribution in [0.15, 0.2) is 0 Å². The third kappa shape index (κ3) is 1.93. The Hall–Kier alpha value is -0.160. The van der Waals surface area contributed by atoms with Gasteiger partial charge in [0.2, 0.25) is 0 Å². The molecule has 1 fully saturated rings. The molecule has 1 saturated carbocycles. The van der Waals surface area contributed by atoms with Crippen LogP contribution in [0.25, 0.3) is 0 Å². The SMILES string of the molecule is CC(CO)(CO)NC1CC(O)C1(C)C. The minimum absolute atomic E-state index is 0.105. The summed E-state index contributed by atoms with van der Waals surface area (Å²) in [6.07, 6.45) is 0.393. The topological polar surface area (TPSA) is 72.7 Å². The number of hydrogen-bond donors (Lipinski definition) is 4. The predicted octanol–water partition coefficient (Wildman–Crippen LogP) is -0.521. The van der Waals surface area contributed by atoms with Crippen LogP contribution in [0.2, 0.25) is 0 Å². The van der Waals surface area contributed by atoms with Crippen molar-refractivity contribution in [2.24, 2.45) is 5.41 Å². The molecule has 0 amide bonds. The summed E-state index contributed by atoms with van der Waals surface area (Å²) in [4.78, 5) is 0. The van der Waals surface area contributed by atoms with Crippen LogP contribution in [0.1, 0.15) is 27.2 Å². The normalized spacial score (nSPS) is 31.3. The summed E-state index contributed by atoms with van der Waals surface area (Å²) in [6.45, 7) is 5.52. The van der Waals surface area contributed by atoms with Gasteiger partial charge in [0.15, 0.2) is 0 Å². The fourth-order valence-electron chi connectivity index (χ4n) is 1.71. The fraction of sp³-hybridized carbons (Fsp3) is 1.00. The first-order valence-electron chi connectivity index (χ1n) is 5.03. The molecular weight excluding hydrogens is 182 g/mol.